The van der Waals surface area contributed by atoms with E-state index in [9.17, 15) is 0 Å². The first kappa shape index (κ1) is 22.6. The SMILES string of the molecule is CCCCNc1ncc2c(n1)NC(C1CCC(N)CC1)c1cc(CNC3CCCC3)ccc1-2. The van der Waals surface area contributed by atoms with Gasteiger partial charge in [0, 0.05) is 36.9 Å². The van der Waals surface area contributed by atoms with Crippen molar-refractivity contribution in [2.24, 2.45) is 11.7 Å². The Kier molecular flexibility index (Phi) is 7.12. The van der Waals surface area contributed by atoms with Crippen molar-refractivity contribution in [3.8, 4) is 11.1 Å². The molecule has 2 aliphatic carbocycles. The highest BCUT2D eigenvalue weighted by Gasteiger charge is 2.33. The van der Waals surface area contributed by atoms with Gasteiger partial charge in [0.25, 0.3) is 0 Å². The fourth-order valence-electron chi connectivity index (χ4n) is 5.84. The average Bonchev–Trinajstić information content (AvgIpc) is 3.36. The van der Waals surface area contributed by atoms with E-state index in [-0.39, 0.29) is 6.04 Å². The molecule has 2 aromatic rings. The lowest BCUT2D eigenvalue weighted by Gasteiger charge is -2.38. The minimum atomic E-state index is 0.282. The molecule has 6 heteroatoms. The van der Waals surface area contributed by atoms with Crippen LogP contribution in [0, 0.1) is 5.92 Å². The molecule has 0 spiro atoms. The third-order valence-corrected chi connectivity index (χ3v) is 7.87. The highest BCUT2D eigenvalue weighted by molar-refractivity contribution is 5.82. The topological polar surface area (TPSA) is 87.9 Å². The molecule has 0 bridgehead atoms. The van der Waals surface area contributed by atoms with Crippen LogP contribution in [0.4, 0.5) is 11.8 Å². The number of fused-ring (bicyclic) bond motifs is 3. The first-order valence-corrected chi connectivity index (χ1v) is 13.2. The summed E-state index contributed by atoms with van der Waals surface area (Å²) in [6.45, 7) is 4.06. The number of benzene rings is 1. The predicted molar refractivity (Wildman–Crippen MR) is 136 cm³/mol. The monoisotopic (exact) mass is 448 g/mol. The molecule has 0 saturated heterocycles. The molecule has 1 aliphatic heterocycles. The molecule has 3 aliphatic rings. The molecule has 2 fully saturated rings. The quantitative estimate of drug-likeness (QED) is 0.406. The molecule has 33 heavy (non-hydrogen) atoms. The van der Waals surface area contributed by atoms with E-state index in [1.165, 1.54) is 55.2 Å². The smallest absolute Gasteiger partial charge is 0.224 e. The maximum absolute atomic E-state index is 6.24. The summed E-state index contributed by atoms with van der Waals surface area (Å²) in [6.07, 6.45) is 14.2. The highest BCUT2D eigenvalue weighted by atomic mass is 15.2. The Balaban J connectivity index is 1.42. The number of anilines is 2. The van der Waals surface area contributed by atoms with Gasteiger partial charge in [-0.1, -0.05) is 44.4 Å². The fourth-order valence-corrected chi connectivity index (χ4v) is 5.84. The molecule has 0 radical (unpaired) electrons. The molecular weight excluding hydrogens is 408 g/mol. The second-order valence-electron chi connectivity index (χ2n) is 10.3. The number of aromatic nitrogens is 2. The molecule has 2 heterocycles. The highest BCUT2D eigenvalue weighted by Crippen LogP contribution is 2.46. The van der Waals surface area contributed by atoms with Crippen LogP contribution in [0.15, 0.2) is 24.4 Å². The molecule has 1 aromatic carbocycles. The van der Waals surface area contributed by atoms with Gasteiger partial charge in [0.05, 0.1) is 6.04 Å². The Morgan fingerprint density at radius 3 is 2.67 bits per heavy atom. The van der Waals surface area contributed by atoms with Crippen LogP contribution in [0.5, 0.6) is 0 Å². The Morgan fingerprint density at radius 1 is 1.06 bits per heavy atom. The molecular formula is C27H40N6. The number of rotatable bonds is 8. The third-order valence-electron chi connectivity index (χ3n) is 7.87. The molecule has 5 N–H and O–H groups in total. The van der Waals surface area contributed by atoms with Crippen LogP contribution in [-0.4, -0.2) is 28.6 Å². The number of nitrogens with two attached hydrogens (primary N) is 1. The largest absolute Gasteiger partial charge is 0.362 e. The van der Waals surface area contributed by atoms with Crippen LogP contribution in [-0.2, 0) is 6.54 Å². The van der Waals surface area contributed by atoms with Crippen LogP contribution in [0.2, 0.25) is 0 Å². The van der Waals surface area contributed by atoms with Crippen molar-refractivity contribution in [2.45, 2.75) is 95.8 Å². The zero-order valence-corrected chi connectivity index (χ0v) is 20.1. The van der Waals surface area contributed by atoms with Gasteiger partial charge in [-0.05, 0) is 67.6 Å². The molecule has 178 valence electrons. The maximum Gasteiger partial charge on any atom is 0.224 e. The normalized spacial score (nSPS) is 24.7. The zero-order chi connectivity index (χ0) is 22.6. The summed E-state index contributed by atoms with van der Waals surface area (Å²) in [7, 11) is 0. The van der Waals surface area contributed by atoms with Crippen LogP contribution in [0.25, 0.3) is 11.1 Å². The van der Waals surface area contributed by atoms with Crippen LogP contribution in [0.1, 0.15) is 88.3 Å². The van der Waals surface area contributed by atoms with Gasteiger partial charge in [-0.25, -0.2) is 4.98 Å². The summed E-state index contributed by atoms with van der Waals surface area (Å²) in [6, 6.07) is 8.34. The Hall–Kier alpha value is -2.18. The third kappa shape index (κ3) is 5.17. The second-order valence-corrected chi connectivity index (χ2v) is 10.3. The van der Waals surface area contributed by atoms with Gasteiger partial charge in [0.2, 0.25) is 5.95 Å². The van der Waals surface area contributed by atoms with Crippen molar-refractivity contribution < 1.29 is 0 Å². The molecule has 6 nitrogen and oxygen atoms in total. The lowest BCUT2D eigenvalue weighted by atomic mass is 9.76. The van der Waals surface area contributed by atoms with Gasteiger partial charge in [-0.2, -0.15) is 4.98 Å². The van der Waals surface area contributed by atoms with Gasteiger partial charge in [0.15, 0.2) is 0 Å². The second kappa shape index (κ2) is 10.4. The standard InChI is InChI=1S/C27H40N6/c1-2-3-14-29-27-31-17-24-22-13-8-18(16-30-21-6-4-5-7-21)15-23(22)25(32-26(24)33-27)19-9-11-20(28)12-10-19/h8,13,15,17,19-21,25,30H,2-7,9-12,14,16,28H2,1H3,(H2,29,31,32,33). The Labute approximate surface area is 198 Å². The number of hydrogen-bond acceptors (Lipinski definition) is 6. The van der Waals surface area contributed by atoms with E-state index in [1.807, 2.05) is 6.20 Å². The number of hydrogen-bond donors (Lipinski definition) is 4. The Bertz CT molecular complexity index is 930. The van der Waals surface area contributed by atoms with Crippen molar-refractivity contribution in [2.75, 3.05) is 17.2 Å². The fraction of sp³-hybridized carbons (Fsp3) is 0.630. The summed E-state index contributed by atoms with van der Waals surface area (Å²) >= 11 is 0. The van der Waals surface area contributed by atoms with Crippen molar-refractivity contribution in [1.29, 1.82) is 0 Å². The van der Waals surface area contributed by atoms with E-state index < -0.39 is 0 Å². The predicted octanol–water partition coefficient (Wildman–Crippen LogP) is 5.37. The lowest BCUT2D eigenvalue weighted by Crippen LogP contribution is -2.33. The first-order valence-electron chi connectivity index (χ1n) is 13.2. The minimum absolute atomic E-state index is 0.282. The molecule has 1 atom stereocenters. The van der Waals surface area contributed by atoms with Gasteiger partial charge in [0.1, 0.15) is 5.82 Å². The summed E-state index contributed by atoms with van der Waals surface area (Å²) < 4.78 is 0. The van der Waals surface area contributed by atoms with E-state index in [0.29, 0.717) is 18.0 Å². The molecule has 5 rings (SSSR count). The van der Waals surface area contributed by atoms with Gasteiger partial charge < -0.3 is 21.7 Å². The van der Waals surface area contributed by atoms with Crippen molar-refractivity contribution >= 4 is 11.8 Å². The van der Waals surface area contributed by atoms with Crippen molar-refractivity contribution in [3.63, 3.8) is 0 Å². The number of nitrogens with one attached hydrogen (secondary N) is 3. The van der Waals surface area contributed by atoms with Crippen LogP contribution < -0.4 is 21.7 Å². The van der Waals surface area contributed by atoms with Gasteiger partial charge in [-0.3, -0.25) is 0 Å². The summed E-state index contributed by atoms with van der Waals surface area (Å²) in [5, 5.41) is 11.0. The molecule has 1 unspecified atom stereocenters. The maximum atomic E-state index is 6.24. The number of unbranched alkanes of at least 4 members (excludes halogenated alkanes) is 1. The minimum Gasteiger partial charge on any atom is -0.362 e. The molecule has 0 amide bonds. The van der Waals surface area contributed by atoms with Gasteiger partial charge >= 0.3 is 0 Å². The van der Waals surface area contributed by atoms with E-state index in [0.717, 1.165) is 56.1 Å². The van der Waals surface area contributed by atoms with E-state index in [4.69, 9.17) is 10.7 Å². The summed E-state index contributed by atoms with van der Waals surface area (Å²) in [5.74, 6) is 2.27. The summed E-state index contributed by atoms with van der Waals surface area (Å²) in [4.78, 5) is 9.51. The summed E-state index contributed by atoms with van der Waals surface area (Å²) in [5.41, 5.74) is 11.4. The van der Waals surface area contributed by atoms with Gasteiger partial charge in [-0.15, -0.1) is 0 Å². The van der Waals surface area contributed by atoms with Crippen LogP contribution in [0.3, 0.4) is 0 Å². The van der Waals surface area contributed by atoms with E-state index >= 15 is 0 Å². The Morgan fingerprint density at radius 2 is 1.88 bits per heavy atom. The van der Waals surface area contributed by atoms with E-state index in [2.05, 4.69) is 46.1 Å². The average molecular weight is 449 g/mol. The van der Waals surface area contributed by atoms with Crippen LogP contribution >= 0.6 is 0 Å². The molecule has 1 aromatic heterocycles. The number of nitrogens with zero attached hydrogens (tertiary/aromatic N) is 2. The lowest BCUT2D eigenvalue weighted by molar-refractivity contribution is 0.295. The van der Waals surface area contributed by atoms with Crippen molar-refractivity contribution in [1.82, 2.24) is 15.3 Å². The zero-order valence-electron chi connectivity index (χ0n) is 20.1. The first-order chi connectivity index (χ1) is 16.2. The van der Waals surface area contributed by atoms with Crippen molar-refractivity contribution in [3.05, 3.63) is 35.5 Å². The molecule has 2 saturated carbocycles. The van der Waals surface area contributed by atoms with E-state index in [1.54, 1.807) is 0 Å².